The van der Waals surface area contributed by atoms with Crippen LogP contribution in [0, 0.1) is 0 Å². The minimum absolute atomic E-state index is 0.0974. The number of rotatable bonds is 1. The van der Waals surface area contributed by atoms with E-state index >= 15 is 0 Å². The molecule has 17 heavy (non-hydrogen) atoms. The van der Waals surface area contributed by atoms with E-state index in [9.17, 15) is 9.59 Å². The third kappa shape index (κ3) is 1.56. The van der Waals surface area contributed by atoms with Crippen LogP contribution in [0.15, 0.2) is 0 Å². The zero-order chi connectivity index (χ0) is 12.0. The van der Waals surface area contributed by atoms with Gasteiger partial charge in [-0.15, -0.1) is 0 Å². The van der Waals surface area contributed by atoms with Gasteiger partial charge in [0.05, 0.1) is 12.1 Å². The highest BCUT2D eigenvalue weighted by Crippen LogP contribution is 2.32. The van der Waals surface area contributed by atoms with Crippen LogP contribution in [-0.2, 0) is 14.3 Å². The highest BCUT2D eigenvalue weighted by molar-refractivity contribution is 5.95. The zero-order valence-electron chi connectivity index (χ0n) is 10.1. The molecule has 0 aliphatic carbocycles. The van der Waals surface area contributed by atoms with Gasteiger partial charge in [0.1, 0.15) is 12.6 Å². The second-order valence-corrected chi connectivity index (χ2v) is 5.47. The molecule has 0 bridgehead atoms. The maximum atomic E-state index is 12.4. The van der Waals surface area contributed by atoms with Crippen LogP contribution in [-0.4, -0.2) is 59.5 Å². The first-order chi connectivity index (χ1) is 8.12. The summed E-state index contributed by atoms with van der Waals surface area (Å²) in [4.78, 5) is 27.9. The lowest BCUT2D eigenvalue weighted by Gasteiger charge is -2.44. The van der Waals surface area contributed by atoms with Crippen LogP contribution < -0.4 is 0 Å². The van der Waals surface area contributed by atoms with Gasteiger partial charge in [-0.2, -0.15) is 0 Å². The molecule has 94 valence electrons. The molecule has 3 heterocycles. The van der Waals surface area contributed by atoms with E-state index in [-0.39, 0.29) is 29.9 Å². The Bertz CT molecular complexity index is 363. The Balaban J connectivity index is 1.86. The Hall–Kier alpha value is -1.10. The van der Waals surface area contributed by atoms with Crippen molar-refractivity contribution in [2.75, 3.05) is 26.3 Å². The van der Waals surface area contributed by atoms with Crippen molar-refractivity contribution in [2.45, 2.75) is 37.8 Å². The van der Waals surface area contributed by atoms with Crippen molar-refractivity contribution in [1.29, 1.82) is 0 Å². The second kappa shape index (κ2) is 3.70. The number of piperazine rings is 1. The number of hydrogen-bond acceptors (Lipinski definition) is 3. The first-order valence-corrected chi connectivity index (χ1v) is 6.30. The van der Waals surface area contributed by atoms with Gasteiger partial charge in [-0.05, 0) is 26.2 Å². The molecule has 0 spiro atoms. The first-order valence-electron chi connectivity index (χ1n) is 6.30. The average Bonchev–Trinajstić information content (AvgIpc) is 2.92. The van der Waals surface area contributed by atoms with Gasteiger partial charge in [0, 0.05) is 13.2 Å². The minimum atomic E-state index is -0.276. The van der Waals surface area contributed by atoms with Gasteiger partial charge in [0.15, 0.2) is 0 Å². The van der Waals surface area contributed by atoms with Crippen LogP contribution in [0.3, 0.4) is 0 Å². The third-order valence-electron chi connectivity index (χ3n) is 4.27. The monoisotopic (exact) mass is 238 g/mol. The van der Waals surface area contributed by atoms with E-state index in [1.807, 2.05) is 6.92 Å². The predicted octanol–water partition coefficient (Wildman–Crippen LogP) is -0.00140. The molecule has 2 amide bonds. The molecule has 0 saturated carbocycles. The number of fused-ring (bicyclic) bond motifs is 1. The lowest BCUT2D eigenvalue weighted by atomic mass is 9.96. The van der Waals surface area contributed by atoms with Crippen LogP contribution in [0.5, 0.6) is 0 Å². The summed E-state index contributed by atoms with van der Waals surface area (Å²) in [5.74, 6) is 0.218. The summed E-state index contributed by atoms with van der Waals surface area (Å²) in [5, 5.41) is 0. The normalized spacial score (nSPS) is 37.8. The Morgan fingerprint density at radius 3 is 2.94 bits per heavy atom. The van der Waals surface area contributed by atoms with Crippen molar-refractivity contribution in [3.8, 4) is 0 Å². The molecule has 5 nitrogen and oxygen atoms in total. The number of nitrogens with zero attached hydrogens (tertiary/aromatic N) is 2. The number of hydrogen-bond donors (Lipinski definition) is 0. The van der Waals surface area contributed by atoms with E-state index in [4.69, 9.17) is 4.74 Å². The second-order valence-electron chi connectivity index (χ2n) is 5.47. The van der Waals surface area contributed by atoms with E-state index in [0.717, 1.165) is 25.8 Å². The molecular weight excluding hydrogens is 220 g/mol. The standard InChI is InChI=1S/C12H18N2O3/c1-12(4-6-17-8-12)14-7-10(15)13-5-2-3-9(13)11(14)16/h9H,2-8H2,1H3. The molecule has 3 saturated heterocycles. The molecule has 0 aromatic rings. The molecule has 2 unspecified atom stereocenters. The third-order valence-corrected chi connectivity index (χ3v) is 4.27. The molecule has 3 fully saturated rings. The van der Waals surface area contributed by atoms with E-state index in [1.54, 1.807) is 9.80 Å². The van der Waals surface area contributed by atoms with Crippen LogP contribution in [0.4, 0.5) is 0 Å². The summed E-state index contributed by atoms with van der Waals surface area (Å²) < 4.78 is 5.39. The summed E-state index contributed by atoms with van der Waals surface area (Å²) in [5.41, 5.74) is -0.276. The van der Waals surface area contributed by atoms with E-state index in [0.29, 0.717) is 13.2 Å². The molecule has 0 N–H and O–H groups in total. The predicted molar refractivity (Wildman–Crippen MR) is 60.3 cm³/mol. The highest BCUT2D eigenvalue weighted by Gasteiger charge is 2.49. The van der Waals surface area contributed by atoms with Crippen molar-refractivity contribution >= 4 is 11.8 Å². The van der Waals surface area contributed by atoms with Gasteiger partial charge in [-0.25, -0.2) is 0 Å². The van der Waals surface area contributed by atoms with Crippen molar-refractivity contribution in [3.05, 3.63) is 0 Å². The molecular formula is C12H18N2O3. The zero-order valence-corrected chi connectivity index (χ0v) is 10.1. The molecule has 5 heteroatoms. The smallest absolute Gasteiger partial charge is 0.246 e. The maximum absolute atomic E-state index is 12.4. The first kappa shape index (κ1) is 11.0. The largest absolute Gasteiger partial charge is 0.379 e. The molecule has 0 aromatic heterocycles. The number of carbonyl (C=O) groups is 2. The number of carbonyl (C=O) groups excluding carboxylic acids is 2. The summed E-state index contributed by atoms with van der Waals surface area (Å²) in [6.45, 7) is 4.24. The summed E-state index contributed by atoms with van der Waals surface area (Å²) in [6.07, 6.45) is 2.60. The Morgan fingerprint density at radius 2 is 2.24 bits per heavy atom. The topological polar surface area (TPSA) is 49.9 Å². The van der Waals surface area contributed by atoms with Gasteiger partial charge < -0.3 is 14.5 Å². The van der Waals surface area contributed by atoms with Crippen LogP contribution in [0.25, 0.3) is 0 Å². The van der Waals surface area contributed by atoms with Gasteiger partial charge >= 0.3 is 0 Å². The molecule has 0 radical (unpaired) electrons. The Labute approximate surface area is 101 Å². The van der Waals surface area contributed by atoms with Crippen LogP contribution in [0.1, 0.15) is 26.2 Å². The van der Waals surface area contributed by atoms with Gasteiger partial charge in [0.2, 0.25) is 11.8 Å². The quantitative estimate of drug-likeness (QED) is 0.646. The van der Waals surface area contributed by atoms with Gasteiger partial charge in [-0.1, -0.05) is 0 Å². The molecule has 3 aliphatic heterocycles. The highest BCUT2D eigenvalue weighted by atomic mass is 16.5. The molecule has 0 aromatic carbocycles. The van der Waals surface area contributed by atoms with Gasteiger partial charge in [-0.3, -0.25) is 9.59 Å². The minimum Gasteiger partial charge on any atom is -0.379 e. The van der Waals surface area contributed by atoms with Crippen molar-refractivity contribution < 1.29 is 14.3 Å². The fourth-order valence-electron chi connectivity index (χ4n) is 3.13. The van der Waals surface area contributed by atoms with Crippen molar-refractivity contribution in [2.24, 2.45) is 0 Å². The van der Waals surface area contributed by atoms with Crippen molar-refractivity contribution in [3.63, 3.8) is 0 Å². The summed E-state index contributed by atoms with van der Waals surface area (Å²) in [7, 11) is 0. The Kier molecular flexibility index (Phi) is 2.40. The molecule has 2 atom stereocenters. The van der Waals surface area contributed by atoms with E-state index in [1.165, 1.54) is 0 Å². The SMILES string of the molecule is CC1(N2CC(=O)N3CCCC3C2=O)CCOC1. The fraction of sp³-hybridized carbons (Fsp3) is 0.833. The van der Waals surface area contributed by atoms with Crippen LogP contribution >= 0.6 is 0 Å². The maximum Gasteiger partial charge on any atom is 0.246 e. The lowest BCUT2D eigenvalue weighted by Crippen LogP contribution is -2.64. The average molecular weight is 238 g/mol. The number of ether oxygens (including phenoxy) is 1. The lowest BCUT2D eigenvalue weighted by molar-refractivity contribution is -0.159. The Morgan fingerprint density at radius 1 is 1.41 bits per heavy atom. The van der Waals surface area contributed by atoms with Crippen molar-refractivity contribution in [1.82, 2.24) is 9.80 Å². The summed E-state index contributed by atoms with van der Waals surface area (Å²) >= 11 is 0. The van der Waals surface area contributed by atoms with E-state index in [2.05, 4.69) is 0 Å². The van der Waals surface area contributed by atoms with Gasteiger partial charge in [0.25, 0.3) is 0 Å². The number of amides is 2. The fourth-order valence-corrected chi connectivity index (χ4v) is 3.13. The molecule has 3 aliphatic rings. The van der Waals surface area contributed by atoms with Crippen LogP contribution in [0.2, 0.25) is 0 Å². The van der Waals surface area contributed by atoms with E-state index < -0.39 is 0 Å². The summed E-state index contributed by atoms with van der Waals surface area (Å²) in [6, 6.07) is -0.200. The molecule has 3 rings (SSSR count).